The fourth-order valence-electron chi connectivity index (χ4n) is 2.26. The number of nitrogens with two attached hydrogens (primary N) is 1. The van der Waals surface area contributed by atoms with Crippen LogP contribution in [0.15, 0.2) is 42.5 Å². The minimum atomic E-state index is -0.562. The van der Waals surface area contributed by atoms with Crippen LogP contribution in [0.4, 0.5) is 8.78 Å². The maximum atomic E-state index is 13.8. The second kappa shape index (κ2) is 5.93. The summed E-state index contributed by atoms with van der Waals surface area (Å²) < 4.78 is 26.7. The van der Waals surface area contributed by atoms with Gasteiger partial charge >= 0.3 is 0 Å². The Morgan fingerprint density at radius 2 is 1.84 bits per heavy atom. The number of benzene rings is 2. The summed E-state index contributed by atoms with van der Waals surface area (Å²) in [6, 6.07) is 11.6. The molecule has 100 valence electrons. The first kappa shape index (κ1) is 13.7. The zero-order chi connectivity index (χ0) is 13.8. The Kier molecular flexibility index (Phi) is 4.27. The average Bonchev–Trinajstić information content (AvgIpc) is 2.39. The first-order valence-electron chi connectivity index (χ1n) is 6.31. The summed E-state index contributed by atoms with van der Waals surface area (Å²) in [5.74, 6) is -1.22. The number of rotatable bonds is 4. The van der Waals surface area contributed by atoms with E-state index in [1.807, 2.05) is 31.2 Å². The van der Waals surface area contributed by atoms with E-state index in [2.05, 4.69) is 0 Å². The zero-order valence-corrected chi connectivity index (χ0v) is 10.9. The van der Waals surface area contributed by atoms with Crippen molar-refractivity contribution in [3.8, 4) is 0 Å². The molecule has 0 bridgehead atoms. The Balaban J connectivity index is 2.28. The largest absolute Gasteiger partial charge is 0.330 e. The maximum absolute atomic E-state index is 13.8. The van der Waals surface area contributed by atoms with Gasteiger partial charge in [0.2, 0.25) is 0 Å². The van der Waals surface area contributed by atoms with Gasteiger partial charge in [0, 0.05) is 12.0 Å². The molecule has 2 N–H and O–H groups in total. The standard InChI is InChI=1S/C16H17F2N/c1-11-4-2-3-5-12(11)8-13(10-19)15-7-6-14(17)9-16(15)18/h2-7,9,13H,8,10,19H2,1H3. The lowest BCUT2D eigenvalue weighted by Gasteiger charge is -2.17. The van der Waals surface area contributed by atoms with Gasteiger partial charge < -0.3 is 5.73 Å². The SMILES string of the molecule is Cc1ccccc1CC(CN)c1ccc(F)cc1F. The highest BCUT2D eigenvalue weighted by Crippen LogP contribution is 2.24. The average molecular weight is 261 g/mol. The van der Waals surface area contributed by atoms with E-state index < -0.39 is 11.6 Å². The maximum Gasteiger partial charge on any atom is 0.129 e. The van der Waals surface area contributed by atoms with E-state index >= 15 is 0 Å². The van der Waals surface area contributed by atoms with Crippen molar-refractivity contribution in [2.45, 2.75) is 19.3 Å². The van der Waals surface area contributed by atoms with Gasteiger partial charge in [-0.1, -0.05) is 30.3 Å². The molecule has 0 aliphatic rings. The van der Waals surface area contributed by atoms with E-state index in [1.165, 1.54) is 12.1 Å². The van der Waals surface area contributed by atoms with Crippen molar-refractivity contribution in [3.63, 3.8) is 0 Å². The van der Waals surface area contributed by atoms with Crippen molar-refractivity contribution in [1.29, 1.82) is 0 Å². The van der Waals surface area contributed by atoms with Gasteiger partial charge in [-0.05, 0) is 42.6 Å². The van der Waals surface area contributed by atoms with Gasteiger partial charge in [0.15, 0.2) is 0 Å². The van der Waals surface area contributed by atoms with Crippen LogP contribution < -0.4 is 5.73 Å². The number of aryl methyl sites for hydroxylation is 1. The molecule has 0 fully saturated rings. The fourth-order valence-corrected chi connectivity index (χ4v) is 2.26. The molecule has 1 nitrogen and oxygen atoms in total. The van der Waals surface area contributed by atoms with Crippen molar-refractivity contribution in [3.05, 3.63) is 70.8 Å². The monoisotopic (exact) mass is 261 g/mol. The predicted octanol–water partition coefficient (Wildman–Crippen LogP) is 3.56. The molecule has 2 rings (SSSR count). The summed E-state index contributed by atoms with van der Waals surface area (Å²) in [4.78, 5) is 0. The van der Waals surface area contributed by atoms with E-state index in [4.69, 9.17) is 5.73 Å². The van der Waals surface area contributed by atoms with Crippen LogP contribution in [0.1, 0.15) is 22.6 Å². The minimum Gasteiger partial charge on any atom is -0.330 e. The molecule has 2 aromatic rings. The van der Waals surface area contributed by atoms with Crippen LogP contribution in [0.2, 0.25) is 0 Å². The smallest absolute Gasteiger partial charge is 0.129 e. The Morgan fingerprint density at radius 3 is 2.47 bits per heavy atom. The van der Waals surface area contributed by atoms with Gasteiger partial charge in [-0.3, -0.25) is 0 Å². The number of halogens is 2. The third-order valence-corrected chi connectivity index (χ3v) is 3.41. The lowest BCUT2D eigenvalue weighted by Crippen LogP contribution is -2.17. The minimum absolute atomic E-state index is 0.137. The van der Waals surface area contributed by atoms with Crippen LogP contribution in [-0.2, 0) is 6.42 Å². The highest BCUT2D eigenvalue weighted by Gasteiger charge is 2.16. The molecular formula is C16H17F2N. The van der Waals surface area contributed by atoms with Gasteiger partial charge in [0.25, 0.3) is 0 Å². The molecule has 0 saturated heterocycles. The van der Waals surface area contributed by atoms with E-state index in [-0.39, 0.29) is 5.92 Å². The summed E-state index contributed by atoms with van der Waals surface area (Å²) >= 11 is 0. The van der Waals surface area contributed by atoms with Crippen molar-refractivity contribution in [1.82, 2.24) is 0 Å². The lowest BCUT2D eigenvalue weighted by atomic mass is 9.90. The number of hydrogen-bond donors (Lipinski definition) is 1. The van der Waals surface area contributed by atoms with E-state index in [0.717, 1.165) is 17.2 Å². The quantitative estimate of drug-likeness (QED) is 0.894. The molecule has 0 amide bonds. The van der Waals surface area contributed by atoms with Crippen LogP contribution in [-0.4, -0.2) is 6.54 Å². The molecular weight excluding hydrogens is 244 g/mol. The third-order valence-electron chi connectivity index (χ3n) is 3.41. The topological polar surface area (TPSA) is 26.0 Å². The van der Waals surface area contributed by atoms with E-state index in [9.17, 15) is 8.78 Å². The van der Waals surface area contributed by atoms with E-state index in [1.54, 1.807) is 0 Å². The second-order valence-corrected chi connectivity index (χ2v) is 4.73. The summed E-state index contributed by atoms with van der Waals surface area (Å²) in [7, 11) is 0. The second-order valence-electron chi connectivity index (χ2n) is 4.73. The molecule has 0 spiro atoms. The molecule has 2 aromatic carbocycles. The van der Waals surface area contributed by atoms with Crippen molar-refractivity contribution >= 4 is 0 Å². The molecule has 1 atom stereocenters. The molecule has 0 heterocycles. The highest BCUT2D eigenvalue weighted by molar-refractivity contribution is 5.30. The number of hydrogen-bond acceptors (Lipinski definition) is 1. The van der Waals surface area contributed by atoms with E-state index in [0.29, 0.717) is 18.5 Å². The summed E-state index contributed by atoms with van der Waals surface area (Å²) in [6.07, 6.45) is 0.658. The molecule has 3 heteroatoms. The first-order chi connectivity index (χ1) is 9.11. The summed E-state index contributed by atoms with van der Waals surface area (Å²) in [5.41, 5.74) is 8.52. The molecule has 0 radical (unpaired) electrons. The summed E-state index contributed by atoms with van der Waals surface area (Å²) in [6.45, 7) is 2.35. The van der Waals surface area contributed by atoms with Crippen LogP contribution in [0.3, 0.4) is 0 Å². The van der Waals surface area contributed by atoms with Crippen LogP contribution in [0, 0.1) is 18.6 Å². The zero-order valence-electron chi connectivity index (χ0n) is 10.9. The van der Waals surface area contributed by atoms with Crippen molar-refractivity contribution in [2.75, 3.05) is 6.54 Å². The van der Waals surface area contributed by atoms with Crippen LogP contribution in [0.25, 0.3) is 0 Å². The molecule has 0 aromatic heterocycles. The normalized spacial score (nSPS) is 12.4. The molecule has 1 unspecified atom stereocenters. The molecule has 0 aliphatic carbocycles. The van der Waals surface area contributed by atoms with Gasteiger partial charge in [-0.2, -0.15) is 0 Å². The summed E-state index contributed by atoms with van der Waals surface area (Å²) in [5, 5.41) is 0. The van der Waals surface area contributed by atoms with Gasteiger partial charge in [0.05, 0.1) is 0 Å². The van der Waals surface area contributed by atoms with Gasteiger partial charge in [-0.25, -0.2) is 8.78 Å². The van der Waals surface area contributed by atoms with Crippen LogP contribution >= 0.6 is 0 Å². The Bertz CT molecular complexity index is 566. The predicted molar refractivity (Wildman–Crippen MR) is 73.0 cm³/mol. The first-order valence-corrected chi connectivity index (χ1v) is 6.31. The molecule has 0 saturated carbocycles. The fraction of sp³-hybridized carbons (Fsp3) is 0.250. The van der Waals surface area contributed by atoms with Crippen molar-refractivity contribution in [2.24, 2.45) is 5.73 Å². The Labute approximate surface area is 112 Å². The van der Waals surface area contributed by atoms with Gasteiger partial charge in [0.1, 0.15) is 11.6 Å². The van der Waals surface area contributed by atoms with Crippen LogP contribution in [0.5, 0.6) is 0 Å². The molecule has 19 heavy (non-hydrogen) atoms. The van der Waals surface area contributed by atoms with Crippen molar-refractivity contribution < 1.29 is 8.78 Å². The van der Waals surface area contributed by atoms with Gasteiger partial charge in [-0.15, -0.1) is 0 Å². The molecule has 0 aliphatic heterocycles. The lowest BCUT2D eigenvalue weighted by molar-refractivity contribution is 0.551. The third kappa shape index (κ3) is 3.18. The highest BCUT2D eigenvalue weighted by atomic mass is 19.1. The Hall–Kier alpha value is -1.74. The Morgan fingerprint density at radius 1 is 1.11 bits per heavy atom.